The molecule has 2 atom stereocenters. The molecular formula is C15H21F4NO. The molecule has 0 bridgehead atoms. The minimum atomic E-state index is -3.34. The lowest BCUT2D eigenvalue weighted by Gasteiger charge is -2.37. The second kappa shape index (κ2) is 6.51. The van der Waals surface area contributed by atoms with Crippen molar-refractivity contribution in [1.29, 1.82) is 5.26 Å². The van der Waals surface area contributed by atoms with E-state index >= 15 is 0 Å². The summed E-state index contributed by atoms with van der Waals surface area (Å²) in [6, 6.07) is 1.56. The number of hydrogen-bond donors (Lipinski definition) is 0. The van der Waals surface area contributed by atoms with Gasteiger partial charge in [-0.2, -0.15) is 14.0 Å². The van der Waals surface area contributed by atoms with E-state index in [0.29, 0.717) is 18.8 Å². The summed E-state index contributed by atoms with van der Waals surface area (Å²) in [6.07, 6.45) is -6.46. The van der Waals surface area contributed by atoms with Gasteiger partial charge in [0, 0.05) is 12.8 Å². The molecule has 0 N–H and O–H groups in total. The summed E-state index contributed by atoms with van der Waals surface area (Å²) >= 11 is 0. The number of nitriles is 1. The van der Waals surface area contributed by atoms with Crippen LogP contribution in [-0.2, 0) is 4.74 Å². The summed E-state index contributed by atoms with van der Waals surface area (Å²) in [4.78, 5) is 0. The van der Waals surface area contributed by atoms with E-state index < -0.39 is 36.4 Å². The molecule has 2 rings (SSSR count). The second-order valence-electron chi connectivity index (χ2n) is 6.42. The lowest BCUT2D eigenvalue weighted by molar-refractivity contribution is -0.305. The fraction of sp³-hybridized carbons (Fsp3) is 0.933. The van der Waals surface area contributed by atoms with Gasteiger partial charge < -0.3 is 4.74 Å². The van der Waals surface area contributed by atoms with Crippen LogP contribution in [0.1, 0.15) is 45.4 Å². The molecule has 2 unspecified atom stereocenters. The van der Waals surface area contributed by atoms with Gasteiger partial charge in [-0.1, -0.05) is 19.8 Å². The zero-order chi connectivity index (χ0) is 15.6. The molecule has 0 spiro atoms. The van der Waals surface area contributed by atoms with Gasteiger partial charge in [0.2, 0.25) is 0 Å². The summed E-state index contributed by atoms with van der Waals surface area (Å²) in [6.45, 7) is 2.03. The third-order valence-corrected chi connectivity index (χ3v) is 4.72. The molecule has 0 saturated heterocycles. The molecule has 0 aromatic heterocycles. The predicted octanol–water partition coefficient (Wildman–Crippen LogP) is 4.40. The maximum atomic E-state index is 14.1. The fourth-order valence-corrected chi connectivity index (χ4v) is 3.29. The van der Waals surface area contributed by atoms with Crippen LogP contribution in [0.3, 0.4) is 0 Å². The molecular weight excluding hydrogens is 286 g/mol. The second-order valence-corrected chi connectivity index (χ2v) is 6.42. The Hall–Kier alpha value is -0.830. The molecule has 0 heterocycles. The zero-order valence-corrected chi connectivity index (χ0v) is 12.1. The van der Waals surface area contributed by atoms with Gasteiger partial charge in [0.05, 0.1) is 18.1 Å². The highest BCUT2D eigenvalue weighted by atomic mass is 19.3. The minimum Gasteiger partial charge on any atom is -0.317 e. The average Bonchev–Trinajstić information content (AvgIpc) is 2.38. The van der Waals surface area contributed by atoms with Crippen molar-refractivity contribution in [3.05, 3.63) is 0 Å². The normalized spacial score (nSPS) is 41.5. The molecule has 120 valence electrons. The number of nitrogens with zero attached hydrogens (tertiary/aromatic N) is 1. The maximum absolute atomic E-state index is 14.1. The molecule has 0 aliphatic heterocycles. The summed E-state index contributed by atoms with van der Waals surface area (Å²) in [5.41, 5.74) is 0. The highest BCUT2D eigenvalue weighted by molar-refractivity contribution is 4.99. The lowest BCUT2D eigenvalue weighted by Crippen LogP contribution is -2.44. The van der Waals surface area contributed by atoms with Crippen LogP contribution in [0.2, 0.25) is 0 Å². The van der Waals surface area contributed by atoms with Gasteiger partial charge in [-0.15, -0.1) is 0 Å². The molecule has 0 amide bonds. The van der Waals surface area contributed by atoms with E-state index in [9.17, 15) is 17.6 Å². The minimum absolute atomic E-state index is 0.336. The van der Waals surface area contributed by atoms with Gasteiger partial charge in [0.25, 0.3) is 0 Å². The Bertz CT molecular complexity index is 378. The van der Waals surface area contributed by atoms with Gasteiger partial charge in [0.1, 0.15) is 18.3 Å². The van der Waals surface area contributed by atoms with Crippen LogP contribution < -0.4 is 0 Å². The smallest absolute Gasteiger partial charge is 0.317 e. The summed E-state index contributed by atoms with van der Waals surface area (Å²) in [7, 11) is 0. The first-order valence-corrected chi connectivity index (χ1v) is 7.57. The molecule has 2 aliphatic carbocycles. The molecule has 2 fully saturated rings. The van der Waals surface area contributed by atoms with E-state index in [1.165, 1.54) is 0 Å². The van der Waals surface area contributed by atoms with Crippen molar-refractivity contribution >= 4 is 0 Å². The standard InChI is InChI=1S/C15H21F4NO/c1-9-2-4-10(5-3-9)15(18,19)21-11-6-13(16)12(8-20)14(17)7-11/h9-14H,2-7H2,1H3. The predicted molar refractivity (Wildman–Crippen MR) is 69.1 cm³/mol. The molecule has 2 saturated carbocycles. The van der Waals surface area contributed by atoms with E-state index in [-0.39, 0.29) is 12.8 Å². The van der Waals surface area contributed by atoms with Gasteiger partial charge in [-0.05, 0) is 18.8 Å². The molecule has 0 radical (unpaired) electrons. The van der Waals surface area contributed by atoms with Crippen LogP contribution in [0.15, 0.2) is 0 Å². The van der Waals surface area contributed by atoms with Crippen molar-refractivity contribution in [2.75, 3.05) is 0 Å². The van der Waals surface area contributed by atoms with Crippen LogP contribution in [0.4, 0.5) is 17.6 Å². The summed E-state index contributed by atoms with van der Waals surface area (Å²) in [5.74, 6) is -1.80. The first kappa shape index (κ1) is 16.5. The van der Waals surface area contributed by atoms with Crippen LogP contribution in [0.5, 0.6) is 0 Å². The topological polar surface area (TPSA) is 33.0 Å². The molecule has 2 nitrogen and oxygen atoms in total. The molecule has 0 aromatic carbocycles. The van der Waals surface area contributed by atoms with E-state index in [2.05, 4.69) is 0 Å². The Morgan fingerprint density at radius 2 is 1.57 bits per heavy atom. The monoisotopic (exact) mass is 307 g/mol. The molecule has 6 heteroatoms. The van der Waals surface area contributed by atoms with Crippen molar-refractivity contribution in [1.82, 2.24) is 0 Å². The average molecular weight is 307 g/mol. The van der Waals surface area contributed by atoms with Crippen molar-refractivity contribution in [3.63, 3.8) is 0 Å². The van der Waals surface area contributed by atoms with E-state index in [4.69, 9.17) is 10.00 Å². The Morgan fingerprint density at radius 3 is 2.05 bits per heavy atom. The largest absolute Gasteiger partial charge is 0.358 e. The number of halogens is 4. The molecule has 2 aliphatic rings. The Morgan fingerprint density at radius 1 is 1.05 bits per heavy atom. The van der Waals surface area contributed by atoms with Crippen LogP contribution >= 0.6 is 0 Å². The van der Waals surface area contributed by atoms with Crippen molar-refractivity contribution < 1.29 is 22.3 Å². The van der Waals surface area contributed by atoms with E-state index in [1.807, 2.05) is 6.92 Å². The number of alkyl halides is 4. The van der Waals surface area contributed by atoms with E-state index in [1.54, 1.807) is 6.07 Å². The number of hydrogen-bond acceptors (Lipinski definition) is 2. The number of rotatable bonds is 3. The van der Waals surface area contributed by atoms with Crippen LogP contribution in [0.25, 0.3) is 0 Å². The zero-order valence-electron chi connectivity index (χ0n) is 12.1. The Balaban J connectivity index is 1.93. The first-order valence-electron chi connectivity index (χ1n) is 7.57. The first-order chi connectivity index (χ1) is 9.83. The summed E-state index contributed by atoms with van der Waals surface area (Å²) in [5, 5.41) is 8.66. The van der Waals surface area contributed by atoms with Crippen molar-refractivity contribution in [2.45, 2.75) is 70.0 Å². The number of ether oxygens (including phenoxy) is 1. The van der Waals surface area contributed by atoms with Gasteiger partial charge in [-0.25, -0.2) is 8.78 Å². The quantitative estimate of drug-likeness (QED) is 0.724. The maximum Gasteiger partial charge on any atom is 0.358 e. The molecule has 21 heavy (non-hydrogen) atoms. The van der Waals surface area contributed by atoms with Gasteiger partial charge in [0.15, 0.2) is 0 Å². The van der Waals surface area contributed by atoms with Crippen molar-refractivity contribution in [3.8, 4) is 6.07 Å². The highest BCUT2D eigenvalue weighted by Gasteiger charge is 2.47. The van der Waals surface area contributed by atoms with Gasteiger partial charge >= 0.3 is 6.11 Å². The van der Waals surface area contributed by atoms with Crippen molar-refractivity contribution in [2.24, 2.45) is 17.8 Å². The van der Waals surface area contributed by atoms with Crippen LogP contribution in [0, 0.1) is 29.1 Å². The lowest BCUT2D eigenvalue weighted by atomic mass is 9.82. The van der Waals surface area contributed by atoms with E-state index in [0.717, 1.165) is 12.8 Å². The molecule has 0 aromatic rings. The highest BCUT2D eigenvalue weighted by Crippen LogP contribution is 2.42. The van der Waals surface area contributed by atoms with Gasteiger partial charge in [-0.3, -0.25) is 0 Å². The summed E-state index contributed by atoms with van der Waals surface area (Å²) < 4.78 is 60.3. The van der Waals surface area contributed by atoms with Crippen LogP contribution in [-0.4, -0.2) is 24.6 Å². The fourth-order valence-electron chi connectivity index (χ4n) is 3.29. The third-order valence-electron chi connectivity index (χ3n) is 4.72. The SMILES string of the molecule is CC1CCC(C(F)(F)OC2CC(F)C(C#N)C(F)C2)CC1. The Labute approximate surface area is 122 Å². The Kier molecular flexibility index (Phi) is 5.13. The third kappa shape index (κ3) is 3.88.